The Morgan fingerprint density at radius 3 is 2.73 bits per heavy atom. The SMILES string of the molecule is CCNC(=NCc1cccnc1OCc1ccccc1)NCCCOC. The van der Waals surface area contributed by atoms with Crippen molar-refractivity contribution < 1.29 is 9.47 Å². The van der Waals surface area contributed by atoms with E-state index in [1.54, 1.807) is 13.3 Å². The molecule has 1 aromatic heterocycles. The van der Waals surface area contributed by atoms with Crippen LogP contribution in [-0.4, -0.2) is 37.7 Å². The second-order valence-corrected chi connectivity index (χ2v) is 5.71. The zero-order chi connectivity index (χ0) is 18.5. The van der Waals surface area contributed by atoms with Crippen molar-refractivity contribution in [3.63, 3.8) is 0 Å². The van der Waals surface area contributed by atoms with Crippen molar-refractivity contribution in [3.8, 4) is 5.88 Å². The van der Waals surface area contributed by atoms with Crippen molar-refractivity contribution in [3.05, 3.63) is 59.8 Å². The van der Waals surface area contributed by atoms with E-state index in [1.165, 1.54) is 0 Å². The smallest absolute Gasteiger partial charge is 0.218 e. The van der Waals surface area contributed by atoms with Crippen LogP contribution in [0.4, 0.5) is 0 Å². The molecule has 1 aromatic carbocycles. The zero-order valence-electron chi connectivity index (χ0n) is 15.6. The number of hydrogen-bond acceptors (Lipinski definition) is 4. The van der Waals surface area contributed by atoms with Crippen LogP contribution < -0.4 is 15.4 Å². The van der Waals surface area contributed by atoms with Crippen molar-refractivity contribution in [2.45, 2.75) is 26.5 Å². The van der Waals surface area contributed by atoms with E-state index in [0.717, 1.165) is 43.2 Å². The largest absolute Gasteiger partial charge is 0.473 e. The lowest BCUT2D eigenvalue weighted by atomic mass is 10.2. The van der Waals surface area contributed by atoms with Crippen LogP contribution >= 0.6 is 0 Å². The molecule has 2 N–H and O–H groups in total. The second-order valence-electron chi connectivity index (χ2n) is 5.71. The number of guanidine groups is 1. The molecule has 2 rings (SSSR count). The van der Waals surface area contributed by atoms with Crippen molar-refractivity contribution in [1.82, 2.24) is 15.6 Å². The average molecular weight is 356 g/mol. The number of aliphatic imine (C=N–C) groups is 1. The predicted octanol–water partition coefficient (Wildman–Crippen LogP) is 2.75. The van der Waals surface area contributed by atoms with E-state index < -0.39 is 0 Å². The minimum atomic E-state index is 0.490. The van der Waals surface area contributed by atoms with Crippen molar-refractivity contribution in [1.29, 1.82) is 0 Å². The molecule has 0 aliphatic rings. The van der Waals surface area contributed by atoms with Crippen molar-refractivity contribution in [2.24, 2.45) is 4.99 Å². The van der Waals surface area contributed by atoms with Crippen LogP contribution in [0.3, 0.4) is 0 Å². The predicted molar refractivity (Wildman–Crippen MR) is 104 cm³/mol. The summed E-state index contributed by atoms with van der Waals surface area (Å²) in [4.78, 5) is 8.99. The number of nitrogens with zero attached hydrogens (tertiary/aromatic N) is 2. The summed E-state index contributed by atoms with van der Waals surface area (Å²) in [5.41, 5.74) is 2.07. The summed E-state index contributed by atoms with van der Waals surface area (Å²) in [6, 6.07) is 14.0. The minimum absolute atomic E-state index is 0.490. The molecule has 0 saturated heterocycles. The average Bonchev–Trinajstić information content (AvgIpc) is 2.69. The van der Waals surface area contributed by atoms with Gasteiger partial charge in [0.25, 0.3) is 0 Å². The minimum Gasteiger partial charge on any atom is -0.473 e. The molecule has 1 heterocycles. The van der Waals surface area contributed by atoms with Gasteiger partial charge in [-0.2, -0.15) is 0 Å². The first-order valence-electron chi connectivity index (χ1n) is 8.95. The summed E-state index contributed by atoms with van der Waals surface area (Å²) in [5, 5.41) is 6.54. The number of pyridine rings is 1. The van der Waals surface area contributed by atoms with Crippen LogP contribution in [0.5, 0.6) is 5.88 Å². The molecule has 0 fully saturated rings. The molecular formula is C20H28N4O2. The van der Waals surface area contributed by atoms with Gasteiger partial charge in [-0.15, -0.1) is 0 Å². The molecule has 0 aliphatic heterocycles. The number of ether oxygens (including phenoxy) is 2. The molecule has 0 radical (unpaired) electrons. The third-order valence-electron chi connectivity index (χ3n) is 3.64. The lowest BCUT2D eigenvalue weighted by Crippen LogP contribution is -2.38. The van der Waals surface area contributed by atoms with Crippen LogP contribution in [0.2, 0.25) is 0 Å². The number of rotatable bonds is 10. The molecule has 0 bridgehead atoms. The quantitative estimate of drug-likeness (QED) is 0.389. The number of benzene rings is 1. The molecular weight excluding hydrogens is 328 g/mol. The van der Waals surface area contributed by atoms with Crippen LogP contribution in [0.25, 0.3) is 0 Å². The molecule has 6 heteroatoms. The lowest BCUT2D eigenvalue weighted by Gasteiger charge is -2.12. The van der Waals surface area contributed by atoms with Gasteiger partial charge in [0.1, 0.15) is 6.61 Å². The summed E-state index contributed by atoms with van der Waals surface area (Å²) >= 11 is 0. The Bertz CT molecular complexity index is 662. The zero-order valence-corrected chi connectivity index (χ0v) is 15.6. The highest BCUT2D eigenvalue weighted by Crippen LogP contribution is 2.17. The standard InChI is InChI=1S/C20H28N4O2/c1-3-21-20(23-13-8-14-25-2)24-15-18-11-7-12-22-19(18)26-16-17-9-5-4-6-10-17/h4-7,9-12H,3,8,13-16H2,1-2H3,(H2,21,23,24). The topological polar surface area (TPSA) is 67.8 Å². The van der Waals surface area contributed by atoms with Gasteiger partial charge < -0.3 is 20.1 Å². The Hall–Kier alpha value is -2.60. The fourth-order valence-electron chi connectivity index (χ4n) is 2.33. The maximum atomic E-state index is 5.89. The van der Waals surface area contributed by atoms with E-state index in [1.807, 2.05) is 49.4 Å². The van der Waals surface area contributed by atoms with Crippen molar-refractivity contribution >= 4 is 5.96 Å². The highest BCUT2D eigenvalue weighted by atomic mass is 16.5. The van der Waals surface area contributed by atoms with Crippen LogP contribution in [-0.2, 0) is 17.9 Å². The molecule has 0 saturated carbocycles. The van der Waals surface area contributed by atoms with Gasteiger partial charge in [-0.25, -0.2) is 9.98 Å². The molecule has 6 nitrogen and oxygen atoms in total. The molecule has 0 aliphatic carbocycles. The highest BCUT2D eigenvalue weighted by Gasteiger charge is 2.05. The molecule has 0 spiro atoms. The van der Waals surface area contributed by atoms with Gasteiger partial charge in [0.2, 0.25) is 5.88 Å². The van der Waals surface area contributed by atoms with Crippen LogP contribution in [0.15, 0.2) is 53.7 Å². The number of hydrogen-bond donors (Lipinski definition) is 2. The first-order valence-corrected chi connectivity index (χ1v) is 8.95. The van der Waals surface area contributed by atoms with Crippen molar-refractivity contribution in [2.75, 3.05) is 26.8 Å². The van der Waals surface area contributed by atoms with Gasteiger partial charge in [-0.05, 0) is 25.0 Å². The summed E-state index contributed by atoms with van der Waals surface area (Å²) in [6.45, 7) is 5.38. The lowest BCUT2D eigenvalue weighted by molar-refractivity contribution is 0.195. The van der Waals surface area contributed by atoms with Crippen LogP contribution in [0.1, 0.15) is 24.5 Å². The Morgan fingerprint density at radius 1 is 1.12 bits per heavy atom. The highest BCUT2D eigenvalue weighted by molar-refractivity contribution is 5.79. The number of nitrogens with one attached hydrogen (secondary N) is 2. The van der Waals surface area contributed by atoms with E-state index in [4.69, 9.17) is 9.47 Å². The van der Waals surface area contributed by atoms with Gasteiger partial charge in [0.05, 0.1) is 6.54 Å². The Kier molecular flexibility index (Phi) is 9.00. The van der Waals surface area contributed by atoms with Crippen LogP contribution in [0, 0.1) is 0 Å². The maximum Gasteiger partial charge on any atom is 0.218 e. The normalized spacial score (nSPS) is 11.2. The van der Waals surface area contributed by atoms with Gasteiger partial charge in [-0.3, -0.25) is 0 Å². The van der Waals surface area contributed by atoms with Gasteiger partial charge in [-0.1, -0.05) is 36.4 Å². The molecule has 0 unspecified atom stereocenters. The fourth-order valence-corrected chi connectivity index (χ4v) is 2.33. The van der Waals surface area contributed by atoms with Gasteiger partial charge in [0.15, 0.2) is 5.96 Å². The second kappa shape index (κ2) is 11.9. The number of aromatic nitrogens is 1. The molecule has 26 heavy (non-hydrogen) atoms. The first kappa shape index (κ1) is 19.7. The fraction of sp³-hybridized carbons (Fsp3) is 0.400. The number of methoxy groups -OCH3 is 1. The molecule has 0 atom stereocenters. The summed E-state index contributed by atoms with van der Waals surface area (Å²) in [5.74, 6) is 1.40. The van der Waals surface area contributed by atoms with E-state index >= 15 is 0 Å². The van der Waals surface area contributed by atoms with E-state index in [2.05, 4.69) is 20.6 Å². The summed E-state index contributed by atoms with van der Waals surface area (Å²) < 4.78 is 11.0. The van der Waals surface area contributed by atoms with Gasteiger partial charge >= 0.3 is 0 Å². The maximum absolute atomic E-state index is 5.89. The van der Waals surface area contributed by atoms with Gasteiger partial charge in [0, 0.05) is 38.6 Å². The van der Waals surface area contributed by atoms with E-state index in [0.29, 0.717) is 19.0 Å². The first-order chi connectivity index (χ1) is 12.8. The van der Waals surface area contributed by atoms with E-state index in [-0.39, 0.29) is 0 Å². The molecule has 0 amide bonds. The van der Waals surface area contributed by atoms with E-state index in [9.17, 15) is 0 Å². The Labute approximate surface area is 155 Å². The Morgan fingerprint density at radius 2 is 1.96 bits per heavy atom. The summed E-state index contributed by atoms with van der Waals surface area (Å²) in [7, 11) is 1.71. The monoisotopic (exact) mass is 356 g/mol. The summed E-state index contributed by atoms with van der Waals surface area (Å²) in [6.07, 6.45) is 2.67. The third-order valence-corrected chi connectivity index (χ3v) is 3.64. The molecule has 140 valence electrons. The molecule has 2 aromatic rings. The third kappa shape index (κ3) is 7.11. The Balaban J connectivity index is 1.96.